The molecule has 0 radical (unpaired) electrons. The van der Waals surface area contributed by atoms with Crippen LogP contribution in [0.4, 0.5) is 5.13 Å². The normalized spacial score (nSPS) is 19.4. The van der Waals surface area contributed by atoms with Crippen LogP contribution in [0.25, 0.3) is 0 Å². The fraction of sp³-hybridized carbons (Fsp3) is 0.381. The quantitative estimate of drug-likeness (QED) is 0.0930. The molecule has 196 valence electrons. The molecule has 1 fully saturated rings. The maximum atomic E-state index is 13.0. The number of fused-ring (bicyclic) bond motifs is 1. The van der Waals surface area contributed by atoms with Gasteiger partial charge in [0.2, 0.25) is 11.5 Å². The van der Waals surface area contributed by atoms with Crippen LogP contribution in [0.15, 0.2) is 45.8 Å². The number of carboxylic acid groups (broad SMARTS) is 1. The number of carbonyl (C=O) groups is 3. The van der Waals surface area contributed by atoms with E-state index in [9.17, 15) is 19.5 Å². The molecule has 2 aromatic heterocycles. The molecule has 2 atom stereocenters. The van der Waals surface area contributed by atoms with Crippen molar-refractivity contribution in [2.24, 2.45) is 5.16 Å². The molecule has 37 heavy (non-hydrogen) atoms. The summed E-state index contributed by atoms with van der Waals surface area (Å²) in [5.74, 6) is -1.99. The van der Waals surface area contributed by atoms with Gasteiger partial charge in [-0.2, -0.15) is 13.9 Å². The monoisotopic (exact) mass is 565 g/mol. The first kappa shape index (κ1) is 26.8. The molecule has 2 aliphatic rings. The molecule has 2 aromatic rings. The van der Waals surface area contributed by atoms with Crippen molar-refractivity contribution in [3.8, 4) is 0 Å². The molecule has 16 heteroatoms. The van der Waals surface area contributed by atoms with Gasteiger partial charge in [-0.1, -0.05) is 5.16 Å². The van der Waals surface area contributed by atoms with E-state index in [0.29, 0.717) is 17.1 Å². The number of oxime groups is 1. The standard InChI is InChI=1S/C21H23N7O6S3/c1-2-34-25-13(16-24-21(22)37-26-16)17(30)23-14-18(31)28-15(20(32)33)11(10-36-19(14)28)8-27-5-3-4-12(9-27)35-7-6-29/h3-5,9,14,19,29H,2,6-8,10H2,1H3,(H3-,22,23,24,26,30,32,33)/t14?,19-/m0/s1. The lowest BCUT2D eigenvalue weighted by atomic mass is 10.0. The second kappa shape index (κ2) is 11.9. The van der Waals surface area contributed by atoms with E-state index in [1.54, 1.807) is 13.1 Å². The van der Waals surface area contributed by atoms with E-state index >= 15 is 0 Å². The molecule has 0 aliphatic carbocycles. The summed E-state index contributed by atoms with van der Waals surface area (Å²) in [4.78, 5) is 49.0. The van der Waals surface area contributed by atoms with Gasteiger partial charge in [0.05, 0.1) is 23.2 Å². The summed E-state index contributed by atoms with van der Waals surface area (Å²) in [5.41, 5.74) is 5.68. The Morgan fingerprint density at radius 1 is 1.49 bits per heavy atom. The predicted molar refractivity (Wildman–Crippen MR) is 134 cm³/mol. The zero-order valence-electron chi connectivity index (χ0n) is 19.5. The van der Waals surface area contributed by atoms with Gasteiger partial charge in [-0.15, -0.1) is 23.5 Å². The number of carboxylic acids is 1. The number of β-lactam (4-membered cyclic amide) rings is 1. The summed E-state index contributed by atoms with van der Waals surface area (Å²) in [6.07, 6.45) is 3.63. The maximum Gasteiger partial charge on any atom is 0.278 e. The number of hydrogen-bond donors (Lipinski definition) is 3. The Morgan fingerprint density at radius 2 is 2.30 bits per heavy atom. The van der Waals surface area contributed by atoms with Crippen LogP contribution in [-0.2, 0) is 25.8 Å². The highest BCUT2D eigenvalue weighted by Crippen LogP contribution is 2.40. The minimum Gasteiger partial charge on any atom is -0.543 e. The molecule has 0 aromatic carbocycles. The Kier molecular flexibility index (Phi) is 8.63. The third-order valence-corrected chi connectivity index (χ3v) is 8.09. The lowest BCUT2D eigenvalue weighted by Gasteiger charge is -2.50. The topological polar surface area (TPSA) is 187 Å². The molecule has 2 amide bonds. The lowest BCUT2D eigenvalue weighted by Crippen LogP contribution is -2.71. The van der Waals surface area contributed by atoms with E-state index in [4.69, 9.17) is 15.7 Å². The fourth-order valence-electron chi connectivity index (χ4n) is 3.71. The number of anilines is 1. The SMILES string of the molecule is CCON=C(C(=O)NC1C(=O)N2C(C(=O)[O-])=C(C[n+]3cccc(SCCO)c3)CS[C@@H]12)c1nsc(N)n1. The molecule has 4 heterocycles. The number of pyridine rings is 1. The average molecular weight is 566 g/mol. The largest absolute Gasteiger partial charge is 0.543 e. The Bertz CT molecular complexity index is 1270. The van der Waals surface area contributed by atoms with Crippen molar-refractivity contribution in [1.29, 1.82) is 0 Å². The lowest BCUT2D eigenvalue weighted by molar-refractivity contribution is -0.690. The number of nitrogens with one attached hydrogen (secondary N) is 1. The number of aliphatic hydroxyl groups is 1. The second-order valence-electron chi connectivity index (χ2n) is 7.70. The summed E-state index contributed by atoms with van der Waals surface area (Å²) in [6, 6.07) is 2.73. The van der Waals surface area contributed by atoms with Crippen molar-refractivity contribution in [1.82, 2.24) is 19.6 Å². The number of nitrogen functional groups attached to an aromatic ring is 1. The predicted octanol–water partition coefficient (Wildman–Crippen LogP) is -1.66. The number of carbonyl (C=O) groups excluding carboxylic acids is 3. The summed E-state index contributed by atoms with van der Waals surface area (Å²) >= 11 is 3.68. The molecule has 0 saturated carbocycles. The van der Waals surface area contributed by atoms with Gasteiger partial charge in [-0.25, -0.2) is 0 Å². The van der Waals surface area contributed by atoms with E-state index in [1.807, 2.05) is 22.9 Å². The first-order valence-corrected chi connectivity index (χ1v) is 13.9. The molecular weight excluding hydrogens is 542 g/mol. The number of thioether (sulfide) groups is 2. The number of aliphatic hydroxyl groups excluding tert-OH is 1. The Balaban J connectivity index is 1.51. The minimum atomic E-state index is -1.47. The van der Waals surface area contributed by atoms with Crippen molar-refractivity contribution in [3.63, 3.8) is 0 Å². The van der Waals surface area contributed by atoms with E-state index in [1.165, 1.54) is 23.5 Å². The first-order valence-electron chi connectivity index (χ1n) is 11.0. The van der Waals surface area contributed by atoms with Crippen molar-refractivity contribution >= 4 is 63.7 Å². The number of amides is 2. The number of nitrogens with zero attached hydrogens (tertiary/aromatic N) is 5. The highest BCUT2D eigenvalue weighted by molar-refractivity contribution is 8.00. The van der Waals surface area contributed by atoms with Gasteiger partial charge in [0, 0.05) is 34.7 Å². The molecule has 0 spiro atoms. The van der Waals surface area contributed by atoms with Gasteiger partial charge < -0.3 is 30.9 Å². The molecular formula is C21H23N7O6S3. The highest BCUT2D eigenvalue weighted by atomic mass is 32.2. The van der Waals surface area contributed by atoms with E-state index < -0.39 is 29.2 Å². The van der Waals surface area contributed by atoms with Gasteiger partial charge in [0.25, 0.3) is 11.8 Å². The van der Waals surface area contributed by atoms with Crippen LogP contribution in [-0.4, -0.2) is 79.0 Å². The Labute approximate surface area is 223 Å². The smallest absolute Gasteiger partial charge is 0.278 e. The number of rotatable bonds is 11. The fourth-order valence-corrected chi connectivity index (χ4v) is 6.19. The van der Waals surface area contributed by atoms with Gasteiger partial charge in [-0.05, 0) is 13.0 Å². The first-order chi connectivity index (χ1) is 17.8. The molecule has 13 nitrogen and oxygen atoms in total. The second-order valence-corrected chi connectivity index (χ2v) is 10.8. The van der Waals surface area contributed by atoms with Gasteiger partial charge in [0.15, 0.2) is 24.1 Å². The van der Waals surface area contributed by atoms with Crippen LogP contribution < -0.4 is 20.7 Å². The zero-order chi connectivity index (χ0) is 26.5. The van der Waals surface area contributed by atoms with Crippen LogP contribution in [0.3, 0.4) is 0 Å². The number of nitrogens with two attached hydrogens (primary N) is 1. The Hall–Kier alpha value is -3.21. The molecule has 2 aliphatic heterocycles. The van der Waals surface area contributed by atoms with Gasteiger partial charge >= 0.3 is 0 Å². The Morgan fingerprint density at radius 3 is 2.97 bits per heavy atom. The van der Waals surface area contributed by atoms with E-state index in [-0.39, 0.29) is 42.1 Å². The number of aromatic nitrogens is 3. The van der Waals surface area contributed by atoms with Crippen LogP contribution in [0.1, 0.15) is 12.7 Å². The van der Waals surface area contributed by atoms with Crippen molar-refractivity contribution in [2.75, 3.05) is 30.5 Å². The average Bonchev–Trinajstić information content (AvgIpc) is 3.31. The van der Waals surface area contributed by atoms with Crippen molar-refractivity contribution < 1.29 is 34.0 Å². The molecule has 4 N–H and O–H groups in total. The van der Waals surface area contributed by atoms with Crippen LogP contribution in [0.2, 0.25) is 0 Å². The molecule has 0 bridgehead atoms. The molecule has 4 rings (SSSR count). The van der Waals surface area contributed by atoms with Gasteiger partial charge in [0.1, 0.15) is 18.0 Å². The van der Waals surface area contributed by atoms with E-state index in [2.05, 4.69) is 19.8 Å². The van der Waals surface area contributed by atoms with Crippen molar-refractivity contribution in [3.05, 3.63) is 41.6 Å². The van der Waals surface area contributed by atoms with Crippen LogP contribution in [0.5, 0.6) is 0 Å². The summed E-state index contributed by atoms with van der Waals surface area (Å²) in [6.45, 7) is 2.15. The zero-order valence-corrected chi connectivity index (χ0v) is 22.0. The van der Waals surface area contributed by atoms with E-state index in [0.717, 1.165) is 21.3 Å². The molecule has 1 unspecified atom stereocenters. The number of hydrogen-bond acceptors (Lipinski definition) is 13. The van der Waals surface area contributed by atoms with Crippen LogP contribution in [0, 0.1) is 0 Å². The van der Waals surface area contributed by atoms with Crippen LogP contribution >= 0.6 is 35.1 Å². The molecule has 1 saturated heterocycles. The number of aliphatic carboxylic acids is 1. The van der Waals surface area contributed by atoms with Gasteiger partial charge in [-0.3, -0.25) is 14.5 Å². The summed E-state index contributed by atoms with van der Waals surface area (Å²) < 4.78 is 5.78. The summed E-state index contributed by atoms with van der Waals surface area (Å²) in [7, 11) is 0. The maximum absolute atomic E-state index is 13.0. The minimum absolute atomic E-state index is 0.0395. The third-order valence-electron chi connectivity index (χ3n) is 5.25. The summed E-state index contributed by atoms with van der Waals surface area (Å²) in [5, 5.41) is 27.0. The third kappa shape index (κ3) is 5.87. The van der Waals surface area contributed by atoms with Crippen molar-refractivity contribution in [2.45, 2.75) is 29.8 Å². The highest BCUT2D eigenvalue weighted by Gasteiger charge is 2.53.